The minimum Gasteiger partial charge on any atom is -0.356 e. The molecule has 11 heteroatoms. The lowest BCUT2D eigenvalue weighted by molar-refractivity contribution is -0.126. The largest absolute Gasteiger partial charge is 0.356 e. The SMILES string of the molecule is O=C(Nc1ccc(F)cc1)c1nnc(C(=O)N2CCCC(C(=O)NCCCN3CCCC3)C2)s1. The van der Waals surface area contributed by atoms with E-state index < -0.39 is 11.7 Å². The average molecular weight is 489 g/mol. The summed E-state index contributed by atoms with van der Waals surface area (Å²) >= 11 is 0.899. The normalized spacial score (nSPS) is 18.6. The van der Waals surface area contributed by atoms with E-state index >= 15 is 0 Å². The van der Waals surface area contributed by atoms with Crippen LogP contribution in [0.5, 0.6) is 0 Å². The maximum absolute atomic E-state index is 13.0. The molecule has 0 aliphatic carbocycles. The summed E-state index contributed by atoms with van der Waals surface area (Å²) in [5.74, 6) is -1.52. The van der Waals surface area contributed by atoms with Crippen molar-refractivity contribution in [1.29, 1.82) is 0 Å². The number of anilines is 1. The van der Waals surface area contributed by atoms with Gasteiger partial charge in [-0.3, -0.25) is 14.4 Å². The van der Waals surface area contributed by atoms with Crippen LogP contribution in [0.2, 0.25) is 0 Å². The van der Waals surface area contributed by atoms with E-state index in [0.717, 1.165) is 50.2 Å². The minimum absolute atomic E-state index is 0.0180. The van der Waals surface area contributed by atoms with Gasteiger partial charge < -0.3 is 20.4 Å². The fourth-order valence-electron chi connectivity index (χ4n) is 4.29. The Bertz CT molecular complexity index is 1010. The Labute approximate surface area is 201 Å². The number of hydrogen-bond donors (Lipinski definition) is 2. The van der Waals surface area contributed by atoms with Crippen LogP contribution >= 0.6 is 11.3 Å². The van der Waals surface area contributed by atoms with Crippen LogP contribution in [0.3, 0.4) is 0 Å². The molecular formula is C23H29FN6O3S. The smallest absolute Gasteiger partial charge is 0.286 e. The molecule has 0 saturated carbocycles. The van der Waals surface area contributed by atoms with Gasteiger partial charge in [0.2, 0.25) is 15.9 Å². The molecule has 0 spiro atoms. The fourth-order valence-corrected chi connectivity index (χ4v) is 5.00. The molecule has 9 nitrogen and oxygen atoms in total. The Kier molecular flexibility index (Phi) is 8.17. The molecule has 1 unspecified atom stereocenters. The number of nitrogens with one attached hydrogen (secondary N) is 2. The summed E-state index contributed by atoms with van der Waals surface area (Å²) in [6, 6.07) is 5.35. The van der Waals surface area contributed by atoms with Gasteiger partial charge in [0.25, 0.3) is 11.8 Å². The second kappa shape index (κ2) is 11.5. The van der Waals surface area contributed by atoms with Crippen molar-refractivity contribution in [2.75, 3.05) is 44.6 Å². The van der Waals surface area contributed by atoms with Gasteiger partial charge in [-0.2, -0.15) is 0 Å². The van der Waals surface area contributed by atoms with Crippen LogP contribution in [0.15, 0.2) is 24.3 Å². The number of carbonyl (C=O) groups is 3. The number of amides is 3. The lowest BCUT2D eigenvalue weighted by Gasteiger charge is -2.31. The van der Waals surface area contributed by atoms with Crippen molar-refractivity contribution in [3.63, 3.8) is 0 Å². The van der Waals surface area contributed by atoms with Gasteiger partial charge in [0.15, 0.2) is 0 Å². The maximum atomic E-state index is 13.0. The number of rotatable bonds is 8. The monoisotopic (exact) mass is 488 g/mol. The Hall–Kier alpha value is -2.92. The molecule has 34 heavy (non-hydrogen) atoms. The molecule has 2 aromatic rings. The zero-order valence-electron chi connectivity index (χ0n) is 19.0. The van der Waals surface area contributed by atoms with E-state index in [2.05, 4.69) is 25.7 Å². The molecule has 4 rings (SSSR count). The van der Waals surface area contributed by atoms with E-state index in [9.17, 15) is 18.8 Å². The van der Waals surface area contributed by atoms with Crippen LogP contribution in [-0.2, 0) is 4.79 Å². The summed E-state index contributed by atoms with van der Waals surface area (Å²) in [6.07, 6.45) is 4.91. The van der Waals surface area contributed by atoms with E-state index in [4.69, 9.17) is 0 Å². The van der Waals surface area contributed by atoms with Gasteiger partial charge in [-0.05, 0) is 76.0 Å². The Morgan fingerprint density at radius 1 is 1.03 bits per heavy atom. The Morgan fingerprint density at radius 2 is 1.76 bits per heavy atom. The van der Waals surface area contributed by atoms with Gasteiger partial charge >= 0.3 is 0 Å². The zero-order valence-corrected chi connectivity index (χ0v) is 19.8. The lowest BCUT2D eigenvalue weighted by Crippen LogP contribution is -2.45. The van der Waals surface area contributed by atoms with Gasteiger partial charge in [-0.1, -0.05) is 11.3 Å². The summed E-state index contributed by atoms with van der Waals surface area (Å²) in [5, 5.41) is 13.5. The first-order valence-corrected chi connectivity index (χ1v) is 12.5. The van der Waals surface area contributed by atoms with Crippen LogP contribution in [0.1, 0.15) is 51.7 Å². The molecule has 2 aliphatic heterocycles. The fraction of sp³-hybridized carbons (Fsp3) is 0.522. The average Bonchev–Trinajstić information content (AvgIpc) is 3.55. The molecule has 3 amide bonds. The first kappa shape index (κ1) is 24.2. The Morgan fingerprint density at radius 3 is 2.53 bits per heavy atom. The third-order valence-electron chi connectivity index (χ3n) is 6.13. The van der Waals surface area contributed by atoms with Crippen LogP contribution in [0, 0.1) is 11.7 Å². The van der Waals surface area contributed by atoms with Gasteiger partial charge in [0.1, 0.15) is 5.82 Å². The van der Waals surface area contributed by atoms with Gasteiger partial charge in [-0.25, -0.2) is 4.39 Å². The van der Waals surface area contributed by atoms with E-state index in [1.807, 2.05) is 0 Å². The number of hydrogen-bond acceptors (Lipinski definition) is 7. The standard InChI is InChI=1S/C23H29FN6O3S/c24-17-6-8-18(9-7-17)26-20(32)21-27-28-22(34-21)23(33)30-14-3-5-16(15-30)19(31)25-10-4-13-29-11-1-2-12-29/h6-9,16H,1-5,10-15H2,(H,25,31)(H,26,32). The number of carbonyl (C=O) groups excluding carboxylic acids is 3. The molecule has 0 bridgehead atoms. The van der Waals surface area contributed by atoms with Crippen LogP contribution in [0.4, 0.5) is 10.1 Å². The van der Waals surface area contributed by atoms with Crippen molar-refractivity contribution >= 4 is 34.7 Å². The van der Waals surface area contributed by atoms with Crippen LogP contribution < -0.4 is 10.6 Å². The minimum atomic E-state index is -0.520. The molecule has 2 aliphatic rings. The summed E-state index contributed by atoms with van der Waals surface area (Å²) in [6.45, 7) is 4.80. The highest BCUT2D eigenvalue weighted by Gasteiger charge is 2.30. The second-order valence-corrected chi connectivity index (χ2v) is 9.63. The predicted molar refractivity (Wildman–Crippen MR) is 126 cm³/mol. The molecule has 0 radical (unpaired) electrons. The predicted octanol–water partition coefficient (Wildman–Crippen LogP) is 2.38. The first-order chi connectivity index (χ1) is 16.5. The number of piperidine rings is 1. The van der Waals surface area contributed by atoms with Gasteiger partial charge in [-0.15, -0.1) is 10.2 Å². The number of nitrogens with zero attached hydrogens (tertiary/aromatic N) is 4. The van der Waals surface area contributed by atoms with E-state index in [0.29, 0.717) is 25.3 Å². The molecule has 1 aromatic carbocycles. The summed E-state index contributed by atoms with van der Waals surface area (Å²) < 4.78 is 13.0. The number of benzene rings is 1. The van der Waals surface area contributed by atoms with Crippen molar-refractivity contribution in [3.05, 3.63) is 40.1 Å². The second-order valence-electron chi connectivity index (χ2n) is 8.66. The molecule has 2 saturated heterocycles. The van der Waals surface area contributed by atoms with Crippen molar-refractivity contribution in [2.24, 2.45) is 5.92 Å². The lowest BCUT2D eigenvalue weighted by atomic mass is 9.97. The third-order valence-corrected chi connectivity index (χ3v) is 7.04. The summed E-state index contributed by atoms with van der Waals surface area (Å²) in [4.78, 5) is 42.0. The van der Waals surface area contributed by atoms with E-state index in [1.165, 1.54) is 37.1 Å². The maximum Gasteiger partial charge on any atom is 0.286 e. The van der Waals surface area contributed by atoms with Crippen molar-refractivity contribution < 1.29 is 18.8 Å². The molecule has 2 N–H and O–H groups in total. The molecule has 3 heterocycles. The van der Waals surface area contributed by atoms with Gasteiger partial charge in [0, 0.05) is 25.3 Å². The number of aromatic nitrogens is 2. The Balaban J connectivity index is 1.26. The number of halogens is 1. The van der Waals surface area contributed by atoms with Crippen LogP contribution in [0.25, 0.3) is 0 Å². The number of likely N-dealkylation sites (tertiary alicyclic amines) is 2. The highest BCUT2D eigenvalue weighted by Crippen LogP contribution is 2.21. The van der Waals surface area contributed by atoms with E-state index in [1.54, 1.807) is 4.90 Å². The zero-order chi connectivity index (χ0) is 23.9. The molecule has 1 aromatic heterocycles. The van der Waals surface area contributed by atoms with Gasteiger partial charge in [0.05, 0.1) is 5.92 Å². The van der Waals surface area contributed by atoms with E-state index in [-0.39, 0.29) is 27.7 Å². The highest BCUT2D eigenvalue weighted by atomic mass is 32.1. The first-order valence-electron chi connectivity index (χ1n) is 11.7. The van der Waals surface area contributed by atoms with Crippen molar-refractivity contribution in [1.82, 2.24) is 25.3 Å². The molecular weight excluding hydrogens is 459 g/mol. The summed E-state index contributed by atoms with van der Waals surface area (Å²) in [5.41, 5.74) is 0.416. The van der Waals surface area contributed by atoms with Crippen molar-refractivity contribution in [2.45, 2.75) is 32.1 Å². The summed E-state index contributed by atoms with van der Waals surface area (Å²) in [7, 11) is 0. The molecule has 2 fully saturated rings. The third kappa shape index (κ3) is 6.35. The molecule has 1 atom stereocenters. The highest BCUT2D eigenvalue weighted by molar-refractivity contribution is 7.15. The topological polar surface area (TPSA) is 108 Å². The van der Waals surface area contributed by atoms with Crippen LogP contribution in [-0.4, -0.2) is 77.0 Å². The quantitative estimate of drug-likeness (QED) is 0.553. The van der Waals surface area contributed by atoms with Crippen molar-refractivity contribution in [3.8, 4) is 0 Å². The molecule has 182 valence electrons.